The highest BCUT2D eigenvalue weighted by molar-refractivity contribution is 5.31. The maximum atomic E-state index is 9.18. The fourth-order valence-electron chi connectivity index (χ4n) is 1.64. The lowest BCUT2D eigenvalue weighted by Gasteiger charge is -2.31. The molecule has 0 spiro atoms. The second kappa shape index (κ2) is 2.79. The normalized spacial score (nSPS) is 28.1. The summed E-state index contributed by atoms with van der Waals surface area (Å²) in [6, 6.07) is 7.28. The van der Waals surface area contributed by atoms with Gasteiger partial charge < -0.3 is 10.2 Å². The Labute approximate surface area is 71.5 Å². The minimum Gasteiger partial charge on any atom is -0.508 e. The maximum Gasteiger partial charge on any atom is 0.115 e. The van der Waals surface area contributed by atoms with E-state index < -0.39 is 0 Å². The number of hydrogen-bond acceptors (Lipinski definition) is 2. The van der Waals surface area contributed by atoms with Gasteiger partial charge in [-0.1, -0.05) is 12.1 Å². The number of rotatable bonds is 1. The van der Waals surface area contributed by atoms with Crippen molar-refractivity contribution in [2.45, 2.75) is 24.9 Å². The van der Waals surface area contributed by atoms with Crippen molar-refractivity contribution in [3.8, 4) is 5.75 Å². The van der Waals surface area contributed by atoms with Gasteiger partial charge in [-0.3, -0.25) is 0 Å². The lowest BCUT2D eigenvalue weighted by atomic mass is 9.78. The van der Waals surface area contributed by atoms with Crippen molar-refractivity contribution in [2.75, 3.05) is 0 Å². The summed E-state index contributed by atoms with van der Waals surface area (Å²) >= 11 is 0. The number of phenols is 1. The SMILES string of the molecule is Oc1cccc(C2CC(O)C2)c1. The Kier molecular flexibility index (Phi) is 1.77. The molecule has 1 saturated carbocycles. The summed E-state index contributed by atoms with van der Waals surface area (Å²) in [7, 11) is 0. The van der Waals surface area contributed by atoms with Crippen LogP contribution in [0.4, 0.5) is 0 Å². The summed E-state index contributed by atoms with van der Waals surface area (Å²) in [5, 5.41) is 18.3. The number of hydrogen-bond donors (Lipinski definition) is 2. The van der Waals surface area contributed by atoms with E-state index in [4.69, 9.17) is 5.11 Å². The molecule has 12 heavy (non-hydrogen) atoms. The van der Waals surface area contributed by atoms with E-state index in [1.54, 1.807) is 12.1 Å². The summed E-state index contributed by atoms with van der Waals surface area (Å²) in [6.45, 7) is 0. The van der Waals surface area contributed by atoms with Gasteiger partial charge in [-0.25, -0.2) is 0 Å². The summed E-state index contributed by atoms with van der Waals surface area (Å²) < 4.78 is 0. The first-order valence-corrected chi connectivity index (χ1v) is 4.22. The molecule has 0 radical (unpaired) electrons. The molecule has 2 nitrogen and oxygen atoms in total. The smallest absolute Gasteiger partial charge is 0.115 e. The van der Waals surface area contributed by atoms with Crippen LogP contribution in [0.25, 0.3) is 0 Å². The molecule has 0 aromatic heterocycles. The van der Waals surface area contributed by atoms with Crippen LogP contribution in [0.3, 0.4) is 0 Å². The van der Waals surface area contributed by atoms with E-state index in [2.05, 4.69) is 0 Å². The first-order chi connectivity index (χ1) is 5.75. The minimum absolute atomic E-state index is 0.127. The average Bonchev–Trinajstić information content (AvgIpc) is 1.99. The van der Waals surface area contributed by atoms with E-state index in [1.165, 1.54) is 0 Å². The molecule has 1 aromatic rings. The quantitative estimate of drug-likeness (QED) is 0.662. The molecule has 1 aliphatic carbocycles. The zero-order valence-corrected chi connectivity index (χ0v) is 6.77. The number of aromatic hydroxyl groups is 1. The molecular weight excluding hydrogens is 152 g/mol. The second-order valence-electron chi connectivity index (χ2n) is 3.42. The molecule has 0 aliphatic heterocycles. The Bertz CT molecular complexity index is 277. The number of phenolic OH excluding ortho intramolecular Hbond substituents is 1. The minimum atomic E-state index is -0.127. The molecule has 0 unspecified atom stereocenters. The van der Waals surface area contributed by atoms with Gasteiger partial charge in [-0.05, 0) is 36.5 Å². The third-order valence-electron chi connectivity index (χ3n) is 2.45. The van der Waals surface area contributed by atoms with Gasteiger partial charge in [0.1, 0.15) is 5.75 Å². The number of aliphatic hydroxyl groups is 1. The molecule has 0 heterocycles. The fourth-order valence-corrected chi connectivity index (χ4v) is 1.64. The lowest BCUT2D eigenvalue weighted by Crippen LogP contribution is -2.26. The van der Waals surface area contributed by atoms with Crippen LogP contribution in [0.2, 0.25) is 0 Å². The molecule has 2 N–H and O–H groups in total. The van der Waals surface area contributed by atoms with Gasteiger partial charge in [0.2, 0.25) is 0 Å². The first-order valence-electron chi connectivity index (χ1n) is 4.22. The van der Waals surface area contributed by atoms with Gasteiger partial charge in [-0.2, -0.15) is 0 Å². The number of aliphatic hydroxyl groups excluding tert-OH is 1. The van der Waals surface area contributed by atoms with Crippen LogP contribution in [0.1, 0.15) is 24.3 Å². The molecule has 0 saturated heterocycles. The molecule has 1 aliphatic rings. The van der Waals surface area contributed by atoms with Crippen LogP contribution in [0.5, 0.6) is 5.75 Å². The summed E-state index contributed by atoms with van der Waals surface area (Å²) in [6.07, 6.45) is 1.55. The van der Waals surface area contributed by atoms with Crippen LogP contribution in [-0.2, 0) is 0 Å². The second-order valence-corrected chi connectivity index (χ2v) is 3.42. The van der Waals surface area contributed by atoms with Gasteiger partial charge in [0, 0.05) is 0 Å². The highest BCUT2D eigenvalue weighted by Crippen LogP contribution is 2.37. The highest BCUT2D eigenvalue weighted by atomic mass is 16.3. The molecule has 1 aromatic carbocycles. The highest BCUT2D eigenvalue weighted by Gasteiger charge is 2.28. The Balaban J connectivity index is 2.13. The molecule has 0 atom stereocenters. The Morgan fingerprint density at radius 2 is 2.00 bits per heavy atom. The fraction of sp³-hybridized carbons (Fsp3) is 0.400. The predicted molar refractivity (Wildman–Crippen MR) is 46.1 cm³/mol. The molecule has 0 bridgehead atoms. The van der Waals surface area contributed by atoms with Crippen molar-refractivity contribution in [1.82, 2.24) is 0 Å². The lowest BCUT2D eigenvalue weighted by molar-refractivity contribution is 0.0746. The van der Waals surface area contributed by atoms with Crippen LogP contribution >= 0.6 is 0 Å². The van der Waals surface area contributed by atoms with Crippen LogP contribution in [0.15, 0.2) is 24.3 Å². The van der Waals surface area contributed by atoms with Crippen molar-refractivity contribution < 1.29 is 10.2 Å². The van der Waals surface area contributed by atoms with Crippen molar-refractivity contribution in [3.63, 3.8) is 0 Å². The predicted octanol–water partition coefficient (Wildman–Crippen LogP) is 1.63. The van der Waals surface area contributed by atoms with E-state index in [1.807, 2.05) is 12.1 Å². The van der Waals surface area contributed by atoms with Crippen LogP contribution in [0, 0.1) is 0 Å². The van der Waals surface area contributed by atoms with Crippen molar-refractivity contribution in [3.05, 3.63) is 29.8 Å². The van der Waals surface area contributed by atoms with Gasteiger partial charge >= 0.3 is 0 Å². The zero-order valence-electron chi connectivity index (χ0n) is 6.77. The molecule has 1 fully saturated rings. The van der Waals surface area contributed by atoms with Gasteiger partial charge in [0.25, 0.3) is 0 Å². The van der Waals surface area contributed by atoms with E-state index >= 15 is 0 Å². The van der Waals surface area contributed by atoms with Crippen molar-refractivity contribution >= 4 is 0 Å². The third-order valence-corrected chi connectivity index (χ3v) is 2.45. The standard InChI is InChI=1S/C10H12O2/c11-9-3-1-2-7(4-9)8-5-10(12)6-8/h1-4,8,10-12H,5-6H2. The van der Waals surface area contributed by atoms with E-state index in [0.717, 1.165) is 18.4 Å². The Morgan fingerprint density at radius 1 is 1.25 bits per heavy atom. The zero-order chi connectivity index (χ0) is 8.55. The molecule has 0 amide bonds. The summed E-state index contributed by atoms with van der Waals surface area (Å²) in [5.41, 5.74) is 1.14. The molecule has 64 valence electrons. The Morgan fingerprint density at radius 3 is 2.58 bits per heavy atom. The summed E-state index contributed by atoms with van der Waals surface area (Å²) in [5.74, 6) is 0.765. The number of benzene rings is 1. The first kappa shape index (κ1) is 7.62. The third kappa shape index (κ3) is 1.30. The maximum absolute atomic E-state index is 9.18. The largest absolute Gasteiger partial charge is 0.508 e. The Hall–Kier alpha value is -1.02. The topological polar surface area (TPSA) is 40.5 Å². The van der Waals surface area contributed by atoms with Gasteiger partial charge in [0.05, 0.1) is 6.10 Å². The monoisotopic (exact) mass is 164 g/mol. The molecule has 2 rings (SSSR count). The van der Waals surface area contributed by atoms with E-state index in [9.17, 15) is 5.11 Å². The van der Waals surface area contributed by atoms with Crippen molar-refractivity contribution in [2.24, 2.45) is 0 Å². The van der Waals surface area contributed by atoms with Gasteiger partial charge in [0.15, 0.2) is 0 Å². The summed E-state index contributed by atoms with van der Waals surface area (Å²) in [4.78, 5) is 0. The van der Waals surface area contributed by atoms with Crippen LogP contribution < -0.4 is 0 Å². The average molecular weight is 164 g/mol. The van der Waals surface area contributed by atoms with Crippen LogP contribution in [-0.4, -0.2) is 16.3 Å². The van der Waals surface area contributed by atoms with E-state index in [-0.39, 0.29) is 6.10 Å². The van der Waals surface area contributed by atoms with Crippen molar-refractivity contribution in [1.29, 1.82) is 0 Å². The van der Waals surface area contributed by atoms with E-state index in [0.29, 0.717) is 11.7 Å². The molecular formula is C10H12O2. The van der Waals surface area contributed by atoms with Gasteiger partial charge in [-0.15, -0.1) is 0 Å². The molecule has 2 heteroatoms.